The van der Waals surface area contributed by atoms with Gasteiger partial charge in [-0.3, -0.25) is 4.79 Å². The molecule has 0 saturated heterocycles. The maximum atomic E-state index is 13.7. The molecule has 0 unspecified atom stereocenters. The van der Waals surface area contributed by atoms with E-state index in [0.29, 0.717) is 10.6 Å². The Morgan fingerprint density at radius 2 is 1.94 bits per heavy atom. The molecule has 1 amide bonds. The predicted molar refractivity (Wildman–Crippen MR) is 129 cm³/mol. The number of fused-ring (bicyclic) bond motifs is 1. The van der Waals surface area contributed by atoms with E-state index >= 15 is 0 Å². The molecule has 0 aliphatic rings. The van der Waals surface area contributed by atoms with Crippen molar-refractivity contribution in [3.05, 3.63) is 70.6 Å². The van der Waals surface area contributed by atoms with Crippen molar-refractivity contribution in [1.29, 1.82) is 0 Å². The molecule has 0 aliphatic carbocycles. The molecule has 0 spiro atoms. The third-order valence-electron chi connectivity index (χ3n) is 5.51. The maximum Gasteiger partial charge on any atom is 0.418 e. The summed E-state index contributed by atoms with van der Waals surface area (Å²) in [5.41, 5.74) is 5.31. The topological polar surface area (TPSA) is 130 Å². The summed E-state index contributed by atoms with van der Waals surface area (Å²) in [7, 11) is 1.56. The molecule has 5 N–H and O–H groups in total. The normalized spacial score (nSPS) is 12.5. The zero-order chi connectivity index (χ0) is 26.0. The van der Waals surface area contributed by atoms with Gasteiger partial charge in [-0.2, -0.15) is 18.3 Å². The van der Waals surface area contributed by atoms with Crippen LogP contribution in [0.2, 0.25) is 5.02 Å². The minimum Gasteiger partial charge on any atom is -0.388 e. The number of hydrogen-bond acceptors (Lipinski definition) is 7. The van der Waals surface area contributed by atoms with Gasteiger partial charge in [0.1, 0.15) is 17.7 Å². The Balaban J connectivity index is 1.61. The maximum absolute atomic E-state index is 13.7. The summed E-state index contributed by atoms with van der Waals surface area (Å²) in [5, 5.41) is 20.3. The van der Waals surface area contributed by atoms with Crippen molar-refractivity contribution in [3.63, 3.8) is 0 Å². The molecule has 4 aromatic rings. The largest absolute Gasteiger partial charge is 0.418 e. The fourth-order valence-electron chi connectivity index (χ4n) is 3.74. The number of nitrogens with one attached hydrogen (secondary N) is 2. The highest BCUT2D eigenvalue weighted by molar-refractivity contribution is 6.30. The third kappa shape index (κ3) is 5.04. The molecule has 188 valence electrons. The van der Waals surface area contributed by atoms with Gasteiger partial charge in [0, 0.05) is 30.4 Å². The van der Waals surface area contributed by atoms with Crippen LogP contribution in [0.15, 0.2) is 48.9 Å². The lowest BCUT2D eigenvalue weighted by Crippen LogP contribution is -2.26. The molecule has 1 aromatic carbocycles. The molecule has 0 aliphatic heterocycles. The first kappa shape index (κ1) is 25.2. The van der Waals surface area contributed by atoms with Crippen LogP contribution in [0, 0.1) is 0 Å². The number of aliphatic hydroxyl groups is 1. The summed E-state index contributed by atoms with van der Waals surface area (Å²) in [6.45, 7) is 0.131. The zero-order valence-electron chi connectivity index (χ0n) is 18.8. The highest BCUT2D eigenvalue weighted by Gasteiger charge is 2.36. The number of rotatable bonds is 7. The van der Waals surface area contributed by atoms with Gasteiger partial charge in [0.25, 0.3) is 5.91 Å². The molecule has 0 fully saturated rings. The standard InChI is InChI=1S/C23H21ClF3N7O2/c1-29-21-15(22(36)30-7-6-18(35)12-2-4-14(24)5-3-12)8-13(10-31-21)17-9-16(23(25,26)27)19-20(28)32-11-33-34(17)19/h2-5,8-11,18,35H,6-7H2,1H3,(H,29,31)(H,30,36)(H2,28,32,33)/t18-/m0/s1. The molecule has 0 bridgehead atoms. The number of carbonyl (C=O) groups excluding carboxylic acids is 1. The van der Waals surface area contributed by atoms with Crippen molar-refractivity contribution in [1.82, 2.24) is 24.9 Å². The predicted octanol–water partition coefficient (Wildman–Crippen LogP) is 3.94. The van der Waals surface area contributed by atoms with E-state index in [9.17, 15) is 23.1 Å². The second kappa shape index (κ2) is 9.99. The Labute approximate surface area is 208 Å². The molecule has 0 saturated carbocycles. The van der Waals surface area contributed by atoms with Crippen LogP contribution < -0.4 is 16.4 Å². The summed E-state index contributed by atoms with van der Waals surface area (Å²) in [6, 6.07) is 8.99. The molecular formula is C23H21ClF3N7O2. The molecular weight excluding hydrogens is 499 g/mol. The average molecular weight is 520 g/mol. The van der Waals surface area contributed by atoms with Gasteiger partial charge in [-0.1, -0.05) is 23.7 Å². The highest BCUT2D eigenvalue weighted by Crippen LogP contribution is 2.38. The molecule has 13 heteroatoms. The van der Waals surface area contributed by atoms with Crippen LogP contribution in [-0.2, 0) is 6.18 Å². The average Bonchev–Trinajstić information content (AvgIpc) is 3.25. The lowest BCUT2D eigenvalue weighted by Gasteiger charge is -2.13. The van der Waals surface area contributed by atoms with Gasteiger partial charge < -0.3 is 21.5 Å². The van der Waals surface area contributed by atoms with Gasteiger partial charge in [0.15, 0.2) is 5.82 Å². The number of hydrogen-bond donors (Lipinski definition) is 4. The Kier molecular flexibility index (Phi) is 7.00. The number of anilines is 2. The van der Waals surface area contributed by atoms with Gasteiger partial charge in [-0.05, 0) is 36.2 Å². The number of aliphatic hydroxyl groups excluding tert-OH is 1. The number of halogens is 4. The quantitative estimate of drug-likeness (QED) is 0.291. The van der Waals surface area contributed by atoms with E-state index in [0.717, 1.165) is 16.9 Å². The van der Waals surface area contributed by atoms with Crippen molar-refractivity contribution in [2.75, 3.05) is 24.6 Å². The van der Waals surface area contributed by atoms with Crippen LogP contribution in [0.4, 0.5) is 24.8 Å². The van der Waals surface area contributed by atoms with E-state index in [4.69, 9.17) is 17.3 Å². The van der Waals surface area contributed by atoms with Gasteiger partial charge in [0.05, 0.1) is 22.9 Å². The molecule has 1 atom stereocenters. The Bertz CT molecular complexity index is 1410. The van der Waals surface area contributed by atoms with Gasteiger partial charge in [-0.25, -0.2) is 14.5 Å². The number of nitrogen functional groups attached to an aromatic ring is 1. The van der Waals surface area contributed by atoms with E-state index in [-0.39, 0.29) is 46.9 Å². The van der Waals surface area contributed by atoms with E-state index in [1.807, 2.05) is 0 Å². The van der Waals surface area contributed by atoms with Crippen LogP contribution in [0.25, 0.3) is 16.8 Å². The minimum atomic E-state index is -4.70. The number of pyridine rings is 1. The lowest BCUT2D eigenvalue weighted by molar-refractivity contribution is -0.136. The number of carbonyl (C=O) groups is 1. The first-order valence-electron chi connectivity index (χ1n) is 10.7. The van der Waals surface area contributed by atoms with Crippen LogP contribution in [-0.4, -0.2) is 44.2 Å². The Morgan fingerprint density at radius 1 is 1.22 bits per heavy atom. The van der Waals surface area contributed by atoms with Gasteiger partial charge in [0.2, 0.25) is 0 Å². The van der Waals surface area contributed by atoms with E-state index in [1.54, 1.807) is 31.3 Å². The molecule has 0 radical (unpaired) electrons. The summed E-state index contributed by atoms with van der Waals surface area (Å²) in [5.74, 6) is -0.635. The number of aromatic nitrogens is 4. The molecule has 9 nitrogen and oxygen atoms in total. The molecule has 3 aromatic heterocycles. The van der Waals surface area contributed by atoms with Crippen molar-refractivity contribution in [2.45, 2.75) is 18.7 Å². The number of alkyl halides is 3. The fourth-order valence-corrected chi connectivity index (χ4v) is 3.86. The second-order valence-corrected chi connectivity index (χ2v) is 8.27. The summed E-state index contributed by atoms with van der Waals surface area (Å²) in [6.07, 6.45) is -2.93. The first-order chi connectivity index (χ1) is 17.1. The van der Waals surface area contributed by atoms with Crippen molar-refractivity contribution in [2.24, 2.45) is 0 Å². The Morgan fingerprint density at radius 3 is 2.61 bits per heavy atom. The number of nitrogens with two attached hydrogens (primary N) is 1. The van der Waals surface area contributed by atoms with Crippen LogP contribution >= 0.6 is 11.6 Å². The smallest absolute Gasteiger partial charge is 0.388 e. The van der Waals surface area contributed by atoms with Crippen LogP contribution in [0.3, 0.4) is 0 Å². The first-order valence-corrected chi connectivity index (χ1v) is 11.1. The minimum absolute atomic E-state index is 0.0359. The summed E-state index contributed by atoms with van der Waals surface area (Å²) < 4.78 is 42.0. The van der Waals surface area contributed by atoms with E-state index < -0.39 is 23.8 Å². The van der Waals surface area contributed by atoms with Gasteiger partial charge in [-0.15, -0.1) is 0 Å². The lowest BCUT2D eigenvalue weighted by atomic mass is 10.1. The third-order valence-corrected chi connectivity index (χ3v) is 5.76. The SMILES string of the molecule is CNc1ncc(-c2cc(C(F)(F)F)c3c(N)ncnn23)cc1C(=O)NCC[C@H](O)c1ccc(Cl)cc1. The van der Waals surface area contributed by atoms with Crippen molar-refractivity contribution >= 4 is 34.7 Å². The van der Waals surface area contributed by atoms with E-state index in [2.05, 4.69) is 25.7 Å². The summed E-state index contributed by atoms with van der Waals surface area (Å²) >= 11 is 5.86. The van der Waals surface area contributed by atoms with Crippen molar-refractivity contribution in [3.8, 4) is 11.3 Å². The number of benzene rings is 1. The second-order valence-electron chi connectivity index (χ2n) is 7.83. The van der Waals surface area contributed by atoms with Crippen LogP contribution in [0.1, 0.15) is 34.0 Å². The van der Waals surface area contributed by atoms with Crippen LogP contribution in [0.5, 0.6) is 0 Å². The monoisotopic (exact) mass is 519 g/mol. The molecule has 3 heterocycles. The van der Waals surface area contributed by atoms with E-state index in [1.165, 1.54) is 12.3 Å². The highest BCUT2D eigenvalue weighted by atomic mass is 35.5. The summed E-state index contributed by atoms with van der Waals surface area (Å²) in [4.78, 5) is 20.8. The fraction of sp³-hybridized carbons (Fsp3) is 0.217. The molecule has 4 rings (SSSR count). The number of nitrogens with zero attached hydrogens (tertiary/aromatic N) is 4. The van der Waals surface area contributed by atoms with Gasteiger partial charge >= 0.3 is 6.18 Å². The van der Waals surface area contributed by atoms with Crippen molar-refractivity contribution < 1.29 is 23.1 Å². The number of amides is 1. The Hall–Kier alpha value is -3.90. The molecule has 36 heavy (non-hydrogen) atoms. The zero-order valence-corrected chi connectivity index (χ0v) is 19.6.